The highest BCUT2D eigenvalue weighted by Gasteiger charge is 2.25. The van der Waals surface area contributed by atoms with Gasteiger partial charge in [-0.1, -0.05) is 41.4 Å². The Bertz CT molecular complexity index is 1100. The maximum absolute atomic E-state index is 12.8. The number of fused-ring (bicyclic) bond motifs is 1. The molecule has 1 aromatic heterocycles. The number of amides is 1. The van der Waals surface area contributed by atoms with Crippen molar-refractivity contribution in [1.29, 1.82) is 0 Å². The number of nitro groups is 1. The summed E-state index contributed by atoms with van der Waals surface area (Å²) in [5, 5.41) is 23.9. The molecule has 0 aliphatic rings. The summed E-state index contributed by atoms with van der Waals surface area (Å²) < 4.78 is 0.806. The van der Waals surface area contributed by atoms with E-state index in [-0.39, 0.29) is 26.2 Å². The first-order valence-electron chi connectivity index (χ1n) is 7.91. The van der Waals surface area contributed by atoms with E-state index in [0.29, 0.717) is 5.39 Å². The van der Waals surface area contributed by atoms with Crippen LogP contribution in [0, 0.1) is 10.1 Å². The smallest absolute Gasteiger partial charge is 0.305 e. The van der Waals surface area contributed by atoms with E-state index < -0.39 is 29.3 Å². The van der Waals surface area contributed by atoms with Crippen molar-refractivity contribution >= 4 is 62.2 Å². The van der Waals surface area contributed by atoms with Gasteiger partial charge in [-0.2, -0.15) is 0 Å². The summed E-state index contributed by atoms with van der Waals surface area (Å²) in [4.78, 5) is 34.7. The molecule has 2 aromatic carbocycles. The van der Waals surface area contributed by atoms with E-state index in [1.165, 1.54) is 23.5 Å². The third kappa shape index (κ3) is 4.09. The van der Waals surface area contributed by atoms with Crippen LogP contribution in [0.25, 0.3) is 10.1 Å². The van der Waals surface area contributed by atoms with Gasteiger partial charge in [0.05, 0.1) is 22.4 Å². The number of carboxylic acids is 1. The van der Waals surface area contributed by atoms with Crippen LogP contribution in [0.5, 0.6) is 0 Å². The van der Waals surface area contributed by atoms with E-state index in [4.69, 9.17) is 23.2 Å². The van der Waals surface area contributed by atoms with Crippen LogP contribution < -0.4 is 5.32 Å². The first-order chi connectivity index (χ1) is 13.3. The van der Waals surface area contributed by atoms with E-state index >= 15 is 0 Å². The third-order valence-corrected chi connectivity index (χ3v) is 6.01. The molecule has 0 fully saturated rings. The topological polar surface area (TPSA) is 110 Å². The summed E-state index contributed by atoms with van der Waals surface area (Å²) in [6.07, 6.45) is -0.505. The standard InChI is InChI=1S/C18H12Cl2N2O5S/c19-12-6-5-9(22(26)27)7-11(12)13(8-15(23)24)21-18(25)17-16(20)10-3-1-2-4-14(10)28-17/h1-7,13H,8H2,(H,21,25)(H,23,24)/t13-/m0/s1. The maximum Gasteiger partial charge on any atom is 0.305 e. The number of carbonyl (C=O) groups excluding carboxylic acids is 1. The molecule has 0 bridgehead atoms. The first kappa shape index (κ1) is 20.1. The predicted octanol–water partition coefficient (Wildman–Crippen LogP) is 5.06. The summed E-state index contributed by atoms with van der Waals surface area (Å²) in [6.45, 7) is 0. The van der Waals surface area contributed by atoms with Crippen LogP contribution in [0.1, 0.15) is 27.7 Å². The minimum absolute atomic E-state index is 0.111. The molecule has 7 nitrogen and oxygen atoms in total. The van der Waals surface area contributed by atoms with Crippen LogP contribution in [0.2, 0.25) is 10.0 Å². The average molecular weight is 439 g/mol. The zero-order chi connectivity index (χ0) is 20.4. The van der Waals surface area contributed by atoms with Crippen molar-refractivity contribution in [3.63, 3.8) is 0 Å². The largest absolute Gasteiger partial charge is 0.481 e. The summed E-state index contributed by atoms with van der Waals surface area (Å²) in [5.74, 6) is -1.78. The number of benzene rings is 2. The molecule has 0 aliphatic carbocycles. The monoisotopic (exact) mass is 438 g/mol. The van der Waals surface area contributed by atoms with Gasteiger partial charge in [-0.3, -0.25) is 19.7 Å². The summed E-state index contributed by atoms with van der Waals surface area (Å²) in [7, 11) is 0. The van der Waals surface area contributed by atoms with Gasteiger partial charge in [-0.15, -0.1) is 11.3 Å². The number of hydrogen-bond donors (Lipinski definition) is 2. The molecule has 1 heterocycles. The van der Waals surface area contributed by atoms with Gasteiger partial charge in [0.2, 0.25) is 0 Å². The van der Waals surface area contributed by atoms with E-state index in [1.807, 2.05) is 12.1 Å². The van der Waals surface area contributed by atoms with E-state index in [2.05, 4.69) is 5.32 Å². The number of halogens is 2. The Labute approximate surface area is 172 Å². The minimum atomic E-state index is -1.20. The normalized spacial score (nSPS) is 11.9. The number of aliphatic carboxylic acids is 1. The van der Waals surface area contributed by atoms with Gasteiger partial charge >= 0.3 is 5.97 Å². The second-order valence-electron chi connectivity index (χ2n) is 5.83. The van der Waals surface area contributed by atoms with Crippen LogP contribution in [0.4, 0.5) is 5.69 Å². The van der Waals surface area contributed by atoms with Crippen molar-refractivity contribution in [2.24, 2.45) is 0 Å². The number of rotatable bonds is 6. The number of nitrogens with zero attached hydrogens (tertiary/aromatic N) is 1. The van der Waals surface area contributed by atoms with Gasteiger partial charge in [0.15, 0.2) is 0 Å². The van der Waals surface area contributed by atoms with Crippen LogP contribution >= 0.6 is 34.5 Å². The van der Waals surface area contributed by atoms with Crippen molar-refractivity contribution in [3.8, 4) is 0 Å². The molecule has 0 unspecified atom stereocenters. The predicted molar refractivity (Wildman–Crippen MR) is 107 cm³/mol. The van der Waals surface area contributed by atoms with Crippen LogP contribution in [-0.2, 0) is 4.79 Å². The molecule has 0 saturated carbocycles. The molecule has 3 aromatic rings. The number of nitro benzene ring substituents is 1. The van der Waals surface area contributed by atoms with Crippen LogP contribution in [0.15, 0.2) is 42.5 Å². The van der Waals surface area contributed by atoms with Crippen molar-refractivity contribution in [3.05, 3.63) is 73.1 Å². The number of thiophene rings is 1. The summed E-state index contributed by atoms with van der Waals surface area (Å²) in [6, 6.07) is 9.77. The van der Waals surface area contributed by atoms with Crippen molar-refractivity contribution in [2.45, 2.75) is 12.5 Å². The molecule has 0 radical (unpaired) electrons. The summed E-state index contributed by atoms with van der Waals surface area (Å²) in [5.41, 5.74) is -0.118. The lowest BCUT2D eigenvalue weighted by Gasteiger charge is -2.18. The Morgan fingerprint density at radius 3 is 2.57 bits per heavy atom. The fourth-order valence-electron chi connectivity index (χ4n) is 2.71. The molecule has 2 N–H and O–H groups in total. The zero-order valence-corrected chi connectivity index (χ0v) is 16.3. The molecule has 10 heteroatoms. The number of non-ortho nitro benzene ring substituents is 1. The van der Waals surface area contributed by atoms with Gasteiger partial charge in [0.25, 0.3) is 11.6 Å². The quantitative estimate of drug-likeness (QED) is 0.412. The maximum atomic E-state index is 12.8. The van der Waals surface area contributed by atoms with E-state index in [0.717, 1.165) is 10.8 Å². The molecule has 3 rings (SSSR count). The van der Waals surface area contributed by atoms with Crippen LogP contribution in [0.3, 0.4) is 0 Å². The van der Waals surface area contributed by atoms with Gasteiger partial charge < -0.3 is 10.4 Å². The van der Waals surface area contributed by atoms with Gasteiger partial charge in [0.1, 0.15) is 4.88 Å². The van der Waals surface area contributed by atoms with Crippen molar-refractivity contribution < 1.29 is 19.6 Å². The average Bonchev–Trinajstić information content (AvgIpc) is 2.98. The summed E-state index contributed by atoms with van der Waals surface area (Å²) >= 11 is 13.6. The highest BCUT2D eigenvalue weighted by Crippen LogP contribution is 2.36. The Hall–Kier alpha value is -2.68. The van der Waals surface area contributed by atoms with E-state index in [9.17, 15) is 24.8 Å². The molecule has 144 valence electrons. The van der Waals surface area contributed by atoms with Crippen LogP contribution in [-0.4, -0.2) is 21.9 Å². The van der Waals surface area contributed by atoms with E-state index in [1.54, 1.807) is 12.1 Å². The lowest BCUT2D eigenvalue weighted by Crippen LogP contribution is -2.30. The van der Waals surface area contributed by atoms with Crippen molar-refractivity contribution in [1.82, 2.24) is 5.32 Å². The second-order valence-corrected chi connectivity index (χ2v) is 7.67. The zero-order valence-electron chi connectivity index (χ0n) is 14.0. The molecule has 0 saturated heterocycles. The van der Waals surface area contributed by atoms with Gasteiger partial charge in [-0.25, -0.2) is 0 Å². The first-order valence-corrected chi connectivity index (χ1v) is 9.48. The highest BCUT2D eigenvalue weighted by molar-refractivity contribution is 7.21. The lowest BCUT2D eigenvalue weighted by atomic mass is 10.0. The highest BCUT2D eigenvalue weighted by atomic mass is 35.5. The Morgan fingerprint density at radius 2 is 1.93 bits per heavy atom. The fourth-order valence-corrected chi connectivity index (χ4v) is 4.38. The lowest BCUT2D eigenvalue weighted by molar-refractivity contribution is -0.384. The van der Waals surface area contributed by atoms with Gasteiger partial charge in [-0.05, 0) is 12.1 Å². The molecule has 1 amide bonds. The SMILES string of the molecule is O=C(O)C[C@H](NC(=O)c1sc2ccccc2c1Cl)c1cc([N+](=O)[O-])ccc1Cl. The number of carbonyl (C=O) groups is 2. The molecule has 1 atom stereocenters. The number of carboxylic acid groups (broad SMARTS) is 1. The Kier molecular flexibility index (Phi) is 5.83. The molecule has 28 heavy (non-hydrogen) atoms. The molecule has 0 aliphatic heterocycles. The minimum Gasteiger partial charge on any atom is -0.481 e. The van der Waals surface area contributed by atoms with Crippen molar-refractivity contribution in [2.75, 3.05) is 0 Å². The Balaban J connectivity index is 1.98. The van der Waals surface area contributed by atoms with Gasteiger partial charge in [0, 0.05) is 32.8 Å². The fraction of sp³-hybridized carbons (Fsp3) is 0.111. The molecular formula is C18H12Cl2N2O5S. The molecular weight excluding hydrogens is 427 g/mol. The number of hydrogen-bond acceptors (Lipinski definition) is 5. The third-order valence-electron chi connectivity index (χ3n) is 3.99. The second kappa shape index (κ2) is 8.14. The number of nitrogens with one attached hydrogen (secondary N) is 1. The molecule has 0 spiro atoms. The Morgan fingerprint density at radius 1 is 1.21 bits per heavy atom.